The first-order valence-corrected chi connectivity index (χ1v) is 5.07. The zero-order chi connectivity index (χ0) is 11.5. The summed E-state index contributed by atoms with van der Waals surface area (Å²) in [6.07, 6.45) is 0.896. The number of aliphatic carboxylic acids is 1. The number of hydrogen-bond acceptors (Lipinski definition) is 3. The van der Waals surface area contributed by atoms with Gasteiger partial charge in [-0.05, 0) is 19.8 Å². The molecule has 0 aromatic heterocycles. The molecule has 1 heterocycles. The van der Waals surface area contributed by atoms with Crippen molar-refractivity contribution in [3.63, 3.8) is 0 Å². The highest BCUT2D eigenvalue weighted by Gasteiger charge is 2.45. The summed E-state index contributed by atoms with van der Waals surface area (Å²) in [4.78, 5) is 22.2. The van der Waals surface area contributed by atoms with Crippen molar-refractivity contribution in [2.45, 2.75) is 32.7 Å². The Morgan fingerprint density at radius 3 is 2.33 bits per heavy atom. The van der Waals surface area contributed by atoms with Crippen LogP contribution in [0.4, 0.5) is 0 Å². The van der Waals surface area contributed by atoms with Gasteiger partial charge < -0.3 is 15.2 Å². The molecule has 0 bridgehead atoms. The van der Waals surface area contributed by atoms with Gasteiger partial charge in [-0.1, -0.05) is 0 Å². The first-order valence-electron chi connectivity index (χ1n) is 5.07. The van der Waals surface area contributed by atoms with E-state index in [0.29, 0.717) is 26.1 Å². The lowest BCUT2D eigenvalue weighted by atomic mass is 9.74. The molecule has 0 spiro atoms. The van der Waals surface area contributed by atoms with Crippen LogP contribution in [0.1, 0.15) is 26.7 Å². The lowest BCUT2D eigenvalue weighted by Gasteiger charge is -2.38. The number of carboxylic acid groups (broad SMARTS) is 1. The number of amides is 1. The number of rotatable bonds is 3. The van der Waals surface area contributed by atoms with E-state index in [1.807, 2.05) is 0 Å². The topological polar surface area (TPSA) is 75.6 Å². The first-order chi connectivity index (χ1) is 6.99. The van der Waals surface area contributed by atoms with Crippen LogP contribution in [0.2, 0.25) is 0 Å². The van der Waals surface area contributed by atoms with Gasteiger partial charge in [0, 0.05) is 26.2 Å². The third kappa shape index (κ3) is 2.47. The van der Waals surface area contributed by atoms with Crippen molar-refractivity contribution in [3.8, 4) is 0 Å². The Labute approximate surface area is 88.8 Å². The Balaban J connectivity index is 2.79. The number of ether oxygens (including phenoxy) is 1. The summed E-state index contributed by atoms with van der Waals surface area (Å²) >= 11 is 0. The zero-order valence-corrected chi connectivity index (χ0v) is 9.08. The van der Waals surface area contributed by atoms with Crippen LogP contribution in [0.15, 0.2) is 0 Å². The number of carbonyl (C=O) groups is 2. The van der Waals surface area contributed by atoms with Gasteiger partial charge in [0.15, 0.2) is 0 Å². The van der Waals surface area contributed by atoms with Crippen molar-refractivity contribution >= 4 is 11.9 Å². The molecule has 1 aliphatic heterocycles. The van der Waals surface area contributed by atoms with Crippen LogP contribution in [0.25, 0.3) is 0 Å². The highest BCUT2D eigenvalue weighted by molar-refractivity contribution is 5.78. The Hall–Kier alpha value is -1.10. The molecule has 0 saturated carbocycles. The Morgan fingerprint density at radius 2 is 1.93 bits per heavy atom. The molecule has 0 aliphatic carbocycles. The molecule has 1 amide bonds. The number of nitrogens with one attached hydrogen (secondary N) is 1. The molecule has 1 aliphatic rings. The first kappa shape index (κ1) is 12.0. The summed E-state index contributed by atoms with van der Waals surface area (Å²) in [6.45, 7) is 4.01. The van der Waals surface area contributed by atoms with E-state index >= 15 is 0 Å². The van der Waals surface area contributed by atoms with E-state index in [2.05, 4.69) is 5.32 Å². The summed E-state index contributed by atoms with van der Waals surface area (Å²) < 4.78 is 5.15. The maximum Gasteiger partial charge on any atom is 0.311 e. The predicted molar refractivity (Wildman–Crippen MR) is 53.4 cm³/mol. The number of carboxylic acids is 1. The summed E-state index contributed by atoms with van der Waals surface area (Å²) in [7, 11) is 0. The highest BCUT2D eigenvalue weighted by atomic mass is 16.5. The van der Waals surface area contributed by atoms with Crippen LogP contribution in [0.5, 0.6) is 0 Å². The Morgan fingerprint density at radius 1 is 1.40 bits per heavy atom. The second-order valence-electron chi connectivity index (χ2n) is 4.00. The average Bonchev–Trinajstić information content (AvgIpc) is 2.17. The summed E-state index contributed by atoms with van der Waals surface area (Å²) in [6, 6.07) is -0.364. The van der Waals surface area contributed by atoms with Gasteiger partial charge in [0.25, 0.3) is 0 Å². The molecule has 0 radical (unpaired) electrons. The summed E-state index contributed by atoms with van der Waals surface area (Å²) in [5.74, 6) is -1.05. The lowest BCUT2D eigenvalue weighted by Crippen LogP contribution is -2.52. The van der Waals surface area contributed by atoms with Crippen LogP contribution in [0.3, 0.4) is 0 Å². The minimum Gasteiger partial charge on any atom is -0.481 e. The fourth-order valence-electron chi connectivity index (χ4n) is 2.01. The molecule has 0 aromatic rings. The van der Waals surface area contributed by atoms with Crippen LogP contribution >= 0.6 is 0 Å². The van der Waals surface area contributed by atoms with Crippen molar-refractivity contribution < 1.29 is 19.4 Å². The fraction of sp³-hybridized carbons (Fsp3) is 0.800. The molecular formula is C10H17NO4. The van der Waals surface area contributed by atoms with E-state index in [9.17, 15) is 14.7 Å². The van der Waals surface area contributed by atoms with E-state index in [-0.39, 0.29) is 11.9 Å². The maximum atomic E-state index is 11.3. The third-order valence-electron chi connectivity index (χ3n) is 3.06. The van der Waals surface area contributed by atoms with Crippen molar-refractivity contribution in [1.82, 2.24) is 5.32 Å². The van der Waals surface area contributed by atoms with E-state index in [0.717, 1.165) is 0 Å². The molecule has 1 saturated heterocycles. The fourth-order valence-corrected chi connectivity index (χ4v) is 2.01. The molecule has 15 heavy (non-hydrogen) atoms. The van der Waals surface area contributed by atoms with Gasteiger partial charge in [0.1, 0.15) is 0 Å². The van der Waals surface area contributed by atoms with Crippen molar-refractivity contribution in [2.24, 2.45) is 5.41 Å². The molecule has 1 rings (SSSR count). The molecule has 2 N–H and O–H groups in total. The van der Waals surface area contributed by atoms with Crippen molar-refractivity contribution in [3.05, 3.63) is 0 Å². The minimum absolute atomic E-state index is 0.199. The van der Waals surface area contributed by atoms with Crippen molar-refractivity contribution in [1.29, 1.82) is 0 Å². The predicted octanol–water partition coefficient (Wildman–Crippen LogP) is 0.392. The van der Waals surface area contributed by atoms with E-state index in [4.69, 9.17) is 4.74 Å². The molecule has 1 atom stereocenters. The van der Waals surface area contributed by atoms with Crippen LogP contribution < -0.4 is 5.32 Å². The average molecular weight is 215 g/mol. The second kappa shape index (κ2) is 4.61. The Bertz CT molecular complexity index is 258. The van der Waals surface area contributed by atoms with Gasteiger partial charge >= 0.3 is 5.97 Å². The molecule has 1 unspecified atom stereocenters. The SMILES string of the molecule is CC(=O)NC(C)C1(C(=O)O)CCOCC1. The molecule has 5 heteroatoms. The molecule has 5 nitrogen and oxygen atoms in total. The normalized spacial score (nSPS) is 21.7. The van der Waals surface area contributed by atoms with Gasteiger partial charge in [-0.25, -0.2) is 0 Å². The van der Waals surface area contributed by atoms with Crippen LogP contribution in [-0.2, 0) is 14.3 Å². The number of carbonyl (C=O) groups excluding carboxylic acids is 1. The van der Waals surface area contributed by atoms with Crippen LogP contribution in [-0.4, -0.2) is 36.2 Å². The van der Waals surface area contributed by atoms with Gasteiger partial charge in [-0.2, -0.15) is 0 Å². The monoisotopic (exact) mass is 215 g/mol. The maximum absolute atomic E-state index is 11.3. The lowest BCUT2D eigenvalue weighted by molar-refractivity contribution is -0.157. The quantitative estimate of drug-likeness (QED) is 0.714. The van der Waals surface area contributed by atoms with Gasteiger partial charge in [-0.15, -0.1) is 0 Å². The van der Waals surface area contributed by atoms with Gasteiger partial charge in [0.2, 0.25) is 5.91 Å². The third-order valence-corrected chi connectivity index (χ3v) is 3.06. The highest BCUT2D eigenvalue weighted by Crippen LogP contribution is 2.34. The van der Waals surface area contributed by atoms with E-state index in [1.54, 1.807) is 6.92 Å². The summed E-state index contributed by atoms with van der Waals surface area (Å²) in [5, 5.41) is 11.9. The second-order valence-corrected chi connectivity index (χ2v) is 4.00. The van der Waals surface area contributed by atoms with Gasteiger partial charge in [0.05, 0.1) is 5.41 Å². The zero-order valence-electron chi connectivity index (χ0n) is 9.08. The van der Waals surface area contributed by atoms with Crippen LogP contribution in [0, 0.1) is 5.41 Å². The molecule has 1 fully saturated rings. The van der Waals surface area contributed by atoms with Crippen molar-refractivity contribution in [2.75, 3.05) is 13.2 Å². The number of hydrogen-bond donors (Lipinski definition) is 2. The molecular weight excluding hydrogens is 198 g/mol. The van der Waals surface area contributed by atoms with Gasteiger partial charge in [-0.3, -0.25) is 9.59 Å². The summed E-state index contributed by atoms with van der Waals surface area (Å²) in [5.41, 5.74) is -0.871. The standard InChI is InChI=1S/C10H17NO4/c1-7(11-8(2)12)10(9(13)14)3-5-15-6-4-10/h7H,3-6H2,1-2H3,(H,11,12)(H,13,14). The largest absolute Gasteiger partial charge is 0.481 e. The molecule has 86 valence electrons. The van der Waals surface area contributed by atoms with E-state index < -0.39 is 11.4 Å². The molecule has 0 aromatic carbocycles. The van der Waals surface area contributed by atoms with E-state index in [1.165, 1.54) is 6.92 Å². The Kier molecular flexibility index (Phi) is 3.68. The minimum atomic E-state index is -0.871. The smallest absolute Gasteiger partial charge is 0.311 e.